The van der Waals surface area contributed by atoms with E-state index in [9.17, 15) is 9.59 Å². The number of carboxylic acids is 1. The molecule has 136 valence electrons. The molecule has 1 amide bonds. The quantitative estimate of drug-likeness (QED) is 0.544. The Morgan fingerprint density at radius 2 is 1.85 bits per heavy atom. The van der Waals surface area contributed by atoms with Crippen molar-refractivity contribution in [1.29, 1.82) is 0 Å². The van der Waals surface area contributed by atoms with E-state index in [0.29, 0.717) is 32.8 Å². The fourth-order valence-corrected chi connectivity index (χ4v) is 2.85. The second kappa shape index (κ2) is 8.12. The molecular formula is C20H13Cl2NO4. The second-order valence-corrected chi connectivity index (χ2v) is 6.38. The molecule has 0 aliphatic rings. The molecule has 1 heterocycles. The van der Waals surface area contributed by atoms with Crippen molar-refractivity contribution in [2.24, 2.45) is 0 Å². The summed E-state index contributed by atoms with van der Waals surface area (Å²) in [6.45, 7) is 0. The minimum Gasteiger partial charge on any atom is -0.478 e. The number of hydrogen-bond donors (Lipinski definition) is 2. The van der Waals surface area contributed by atoms with Gasteiger partial charge < -0.3 is 14.8 Å². The van der Waals surface area contributed by atoms with Gasteiger partial charge in [0, 0.05) is 22.3 Å². The minimum atomic E-state index is -1.06. The number of carbonyl (C=O) groups excluding carboxylic acids is 1. The van der Waals surface area contributed by atoms with E-state index < -0.39 is 11.9 Å². The summed E-state index contributed by atoms with van der Waals surface area (Å²) in [5.41, 5.74) is 1.17. The van der Waals surface area contributed by atoms with Gasteiger partial charge in [-0.1, -0.05) is 29.3 Å². The molecule has 0 aliphatic heterocycles. The Balaban J connectivity index is 1.69. The molecule has 1 aromatic heterocycles. The number of carboxylic acid groups (broad SMARTS) is 1. The summed E-state index contributed by atoms with van der Waals surface area (Å²) < 4.78 is 5.67. The first-order chi connectivity index (χ1) is 12.9. The Hall–Kier alpha value is -3.02. The summed E-state index contributed by atoms with van der Waals surface area (Å²) in [7, 11) is 0. The van der Waals surface area contributed by atoms with Crippen LogP contribution in [0.2, 0.25) is 10.0 Å². The second-order valence-electron chi connectivity index (χ2n) is 5.53. The molecule has 0 radical (unpaired) electrons. The van der Waals surface area contributed by atoms with E-state index in [4.69, 9.17) is 32.7 Å². The number of carbonyl (C=O) groups is 2. The lowest BCUT2D eigenvalue weighted by Gasteiger charge is -2.03. The molecule has 2 aromatic carbocycles. The Morgan fingerprint density at radius 1 is 1.04 bits per heavy atom. The van der Waals surface area contributed by atoms with E-state index in [2.05, 4.69) is 5.32 Å². The molecule has 3 aromatic rings. The van der Waals surface area contributed by atoms with Crippen LogP contribution in [-0.4, -0.2) is 17.0 Å². The SMILES string of the molecule is O=C(/C=C/c1ccc(-c2ccc(Cl)cc2Cl)o1)Nc1cccc(C(=O)O)c1. The Morgan fingerprint density at radius 3 is 2.59 bits per heavy atom. The van der Waals surface area contributed by atoms with Gasteiger partial charge >= 0.3 is 5.97 Å². The normalized spacial score (nSPS) is 10.9. The fraction of sp³-hybridized carbons (Fsp3) is 0. The van der Waals surface area contributed by atoms with E-state index in [1.54, 1.807) is 42.5 Å². The van der Waals surface area contributed by atoms with Crippen molar-refractivity contribution in [1.82, 2.24) is 0 Å². The van der Waals surface area contributed by atoms with Gasteiger partial charge in [-0.05, 0) is 54.6 Å². The van der Waals surface area contributed by atoms with Crippen molar-refractivity contribution >= 4 is 46.8 Å². The van der Waals surface area contributed by atoms with Crippen molar-refractivity contribution < 1.29 is 19.1 Å². The van der Waals surface area contributed by atoms with Crippen molar-refractivity contribution in [2.75, 3.05) is 5.32 Å². The van der Waals surface area contributed by atoms with Gasteiger partial charge in [0.2, 0.25) is 5.91 Å². The first kappa shape index (κ1) is 18.8. The van der Waals surface area contributed by atoms with Gasteiger partial charge in [0.25, 0.3) is 0 Å². The number of amides is 1. The smallest absolute Gasteiger partial charge is 0.335 e. The molecule has 2 N–H and O–H groups in total. The van der Waals surface area contributed by atoms with Gasteiger partial charge in [-0.15, -0.1) is 0 Å². The van der Waals surface area contributed by atoms with Crippen LogP contribution >= 0.6 is 23.2 Å². The summed E-state index contributed by atoms with van der Waals surface area (Å²) in [5, 5.41) is 12.6. The van der Waals surface area contributed by atoms with Gasteiger partial charge in [-0.3, -0.25) is 4.79 Å². The third kappa shape index (κ3) is 4.78. The highest BCUT2D eigenvalue weighted by molar-refractivity contribution is 6.36. The Bertz CT molecular complexity index is 1040. The summed E-state index contributed by atoms with van der Waals surface area (Å²) in [4.78, 5) is 23.0. The maximum Gasteiger partial charge on any atom is 0.335 e. The predicted octanol–water partition coefficient (Wildman–Crippen LogP) is 5.60. The van der Waals surface area contributed by atoms with Gasteiger partial charge in [-0.25, -0.2) is 4.79 Å². The molecule has 7 heteroatoms. The highest BCUT2D eigenvalue weighted by Gasteiger charge is 2.09. The standard InChI is InChI=1S/C20H13Cl2NO4/c21-13-4-7-16(17(22)11-13)18-8-5-15(27-18)6-9-19(24)23-14-3-1-2-12(10-14)20(25)26/h1-11H,(H,23,24)(H,25,26)/b9-6+. The van der Waals surface area contributed by atoms with Crippen molar-refractivity contribution in [3.63, 3.8) is 0 Å². The molecule has 27 heavy (non-hydrogen) atoms. The molecule has 3 rings (SSSR count). The predicted molar refractivity (Wildman–Crippen MR) is 105 cm³/mol. The molecule has 0 bridgehead atoms. The van der Waals surface area contributed by atoms with Crippen LogP contribution in [0.4, 0.5) is 5.69 Å². The maximum absolute atomic E-state index is 12.0. The molecule has 0 atom stereocenters. The zero-order valence-corrected chi connectivity index (χ0v) is 15.3. The van der Waals surface area contributed by atoms with E-state index in [0.717, 1.165) is 0 Å². The molecule has 0 unspecified atom stereocenters. The maximum atomic E-state index is 12.0. The first-order valence-corrected chi connectivity index (χ1v) is 8.55. The van der Waals surface area contributed by atoms with Gasteiger partial charge in [0.05, 0.1) is 10.6 Å². The van der Waals surface area contributed by atoms with Gasteiger partial charge in [-0.2, -0.15) is 0 Å². The number of anilines is 1. The lowest BCUT2D eigenvalue weighted by molar-refractivity contribution is -0.111. The largest absolute Gasteiger partial charge is 0.478 e. The zero-order valence-electron chi connectivity index (χ0n) is 13.8. The van der Waals surface area contributed by atoms with Crippen LogP contribution in [0.5, 0.6) is 0 Å². The monoisotopic (exact) mass is 401 g/mol. The molecular weight excluding hydrogens is 389 g/mol. The van der Waals surface area contributed by atoms with Gasteiger partial charge in [0.15, 0.2) is 0 Å². The third-order valence-corrected chi connectivity index (χ3v) is 4.15. The summed E-state index contributed by atoms with van der Waals surface area (Å²) in [6, 6.07) is 14.5. The fourth-order valence-electron chi connectivity index (χ4n) is 2.35. The number of furan rings is 1. The molecule has 5 nitrogen and oxygen atoms in total. The van der Waals surface area contributed by atoms with Crippen LogP contribution in [0.1, 0.15) is 16.1 Å². The number of rotatable bonds is 5. The van der Waals surface area contributed by atoms with E-state index in [1.807, 2.05) is 0 Å². The summed E-state index contributed by atoms with van der Waals surface area (Å²) in [6.07, 6.45) is 2.79. The summed E-state index contributed by atoms with van der Waals surface area (Å²) in [5.74, 6) is -0.470. The lowest BCUT2D eigenvalue weighted by Crippen LogP contribution is -2.08. The van der Waals surface area contributed by atoms with Crippen LogP contribution in [0, 0.1) is 0 Å². The van der Waals surface area contributed by atoms with Crippen LogP contribution in [0.3, 0.4) is 0 Å². The first-order valence-electron chi connectivity index (χ1n) is 7.80. The van der Waals surface area contributed by atoms with Crippen LogP contribution in [0.15, 0.2) is 65.1 Å². The van der Waals surface area contributed by atoms with E-state index >= 15 is 0 Å². The number of halogens is 2. The number of benzene rings is 2. The van der Waals surface area contributed by atoms with Crippen LogP contribution < -0.4 is 5.32 Å². The third-order valence-electron chi connectivity index (χ3n) is 3.60. The average molecular weight is 402 g/mol. The van der Waals surface area contributed by atoms with Crippen LogP contribution in [-0.2, 0) is 4.79 Å². The van der Waals surface area contributed by atoms with Gasteiger partial charge in [0.1, 0.15) is 11.5 Å². The highest BCUT2D eigenvalue weighted by Crippen LogP contribution is 2.31. The Labute approximate surface area is 164 Å². The lowest BCUT2D eigenvalue weighted by atomic mass is 10.2. The van der Waals surface area contributed by atoms with E-state index in [1.165, 1.54) is 24.3 Å². The summed E-state index contributed by atoms with van der Waals surface area (Å²) >= 11 is 12.0. The van der Waals surface area contributed by atoms with Crippen molar-refractivity contribution in [3.05, 3.63) is 82.0 Å². The molecule has 0 saturated heterocycles. The number of hydrogen-bond acceptors (Lipinski definition) is 3. The molecule has 0 aliphatic carbocycles. The van der Waals surface area contributed by atoms with Crippen molar-refractivity contribution in [2.45, 2.75) is 0 Å². The highest BCUT2D eigenvalue weighted by atomic mass is 35.5. The van der Waals surface area contributed by atoms with Crippen molar-refractivity contribution in [3.8, 4) is 11.3 Å². The zero-order chi connectivity index (χ0) is 19.4. The molecule has 0 spiro atoms. The number of nitrogens with one attached hydrogen (secondary N) is 1. The minimum absolute atomic E-state index is 0.0901. The number of aromatic carboxylic acids is 1. The molecule has 0 saturated carbocycles. The molecule has 0 fully saturated rings. The van der Waals surface area contributed by atoms with Crippen LogP contribution in [0.25, 0.3) is 17.4 Å². The Kier molecular flexibility index (Phi) is 5.64. The topological polar surface area (TPSA) is 79.5 Å². The average Bonchev–Trinajstić information content (AvgIpc) is 3.09. The van der Waals surface area contributed by atoms with E-state index in [-0.39, 0.29) is 5.56 Å².